The Labute approximate surface area is 390 Å². The zero-order chi connectivity index (χ0) is 44.3. The van der Waals surface area contributed by atoms with Gasteiger partial charge in [0.05, 0.1) is 11.4 Å². The molecular formula is C66H43N. The van der Waals surface area contributed by atoms with E-state index in [4.69, 9.17) is 0 Å². The molecule has 13 aromatic rings. The third-order valence-electron chi connectivity index (χ3n) is 13.8. The maximum Gasteiger partial charge on any atom is 0.0535 e. The summed E-state index contributed by atoms with van der Waals surface area (Å²) in [6.45, 7) is 0. The van der Waals surface area contributed by atoms with Gasteiger partial charge in [0.2, 0.25) is 0 Å². The monoisotopic (exact) mass is 849 g/mol. The average molecular weight is 850 g/mol. The van der Waals surface area contributed by atoms with E-state index in [1.165, 1.54) is 121 Å². The van der Waals surface area contributed by atoms with Crippen molar-refractivity contribution >= 4 is 53.9 Å². The third-order valence-corrected chi connectivity index (χ3v) is 13.8. The van der Waals surface area contributed by atoms with Gasteiger partial charge in [-0.15, -0.1) is 0 Å². The Balaban J connectivity index is 0.917. The van der Waals surface area contributed by atoms with Gasteiger partial charge in [0.15, 0.2) is 0 Å². The van der Waals surface area contributed by atoms with E-state index in [-0.39, 0.29) is 0 Å². The van der Waals surface area contributed by atoms with Crippen LogP contribution in [0.4, 0.5) is 0 Å². The second kappa shape index (κ2) is 16.0. The second-order valence-corrected chi connectivity index (χ2v) is 17.6. The predicted molar refractivity (Wildman–Crippen MR) is 286 cm³/mol. The van der Waals surface area contributed by atoms with E-state index >= 15 is 0 Å². The summed E-state index contributed by atoms with van der Waals surface area (Å²) in [6, 6.07) is 95.8. The molecule has 0 radical (unpaired) electrons. The van der Waals surface area contributed by atoms with Crippen molar-refractivity contribution in [2.45, 2.75) is 0 Å². The number of fused-ring (bicyclic) bond motifs is 5. The molecule has 0 N–H and O–H groups in total. The molecule has 0 bridgehead atoms. The van der Waals surface area contributed by atoms with Crippen LogP contribution in [0, 0.1) is 0 Å². The zero-order valence-electron chi connectivity index (χ0n) is 36.8. The molecule has 0 amide bonds. The molecule has 1 heteroatoms. The molecule has 0 saturated carbocycles. The summed E-state index contributed by atoms with van der Waals surface area (Å²) < 4.78 is 2.39. The van der Waals surface area contributed by atoms with Crippen molar-refractivity contribution in [1.82, 2.24) is 4.57 Å². The van der Waals surface area contributed by atoms with E-state index in [1.54, 1.807) is 0 Å². The fraction of sp³-hybridized carbons (Fsp3) is 0. The number of benzene rings is 12. The smallest absolute Gasteiger partial charge is 0.0535 e. The minimum atomic E-state index is 1.14. The first-order valence-corrected chi connectivity index (χ1v) is 23.2. The van der Waals surface area contributed by atoms with Gasteiger partial charge >= 0.3 is 0 Å². The number of nitrogens with zero attached hydrogens (tertiary/aromatic N) is 1. The lowest BCUT2D eigenvalue weighted by Crippen LogP contribution is -1.99. The van der Waals surface area contributed by atoms with Crippen LogP contribution < -0.4 is 0 Å². The molecule has 0 aliphatic heterocycles. The molecule has 0 aliphatic carbocycles. The maximum atomic E-state index is 2.44. The highest BCUT2D eigenvalue weighted by molar-refractivity contribution is 6.25. The number of hydrogen-bond acceptors (Lipinski definition) is 0. The molecule has 0 fully saturated rings. The van der Waals surface area contributed by atoms with Crippen LogP contribution in [0.25, 0.3) is 127 Å². The molecule has 12 aromatic carbocycles. The Kier molecular flexibility index (Phi) is 9.25. The van der Waals surface area contributed by atoms with Crippen LogP contribution in [0.3, 0.4) is 0 Å². The Hall–Kier alpha value is -8.78. The van der Waals surface area contributed by atoms with E-state index in [9.17, 15) is 0 Å². The van der Waals surface area contributed by atoms with Crippen molar-refractivity contribution in [3.05, 3.63) is 261 Å². The van der Waals surface area contributed by atoms with E-state index in [0.29, 0.717) is 0 Å². The Morgan fingerprint density at radius 3 is 1.21 bits per heavy atom. The number of rotatable bonds is 7. The highest BCUT2D eigenvalue weighted by Gasteiger charge is 2.20. The lowest BCUT2D eigenvalue weighted by molar-refractivity contribution is 1.10. The highest BCUT2D eigenvalue weighted by atomic mass is 15.0. The van der Waals surface area contributed by atoms with Gasteiger partial charge in [-0.3, -0.25) is 0 Å². The fourth-order valence-electron chi connectivity index (χ4n) is 10.6. The molecule has 67 heavy (non-hydrogen) atoms. The molecule has 0 aliphatic rings. The first-order chi connectivity index (χ1) is 33.2. The first-order valence-electron chi connectivity index (χ1n) is 23.2. The van der Waals surface area contributed by atoms with E-state index in [1.807, 2.05) is 0 Å². The molecule has 13 rings (SSSR count). The summed E-state index contributed by atoms with van der Waals surface area (Å²) in [5.41, 5.74) is 15.7. The summed E-state index contributed by atoms with van der Waals surface area (Å²) >= 11 is 0. The molecule has 0 unspecified atom stereocenters. The van der Waals surface area contributed by atoms with Crippen LogP contribution in [0.2, 0.25) is 0 Å². The van der Waals surface area contributed by atoms with Gasteiger partial charge in [-0.05, 0) is 146 Å². The van der Waals surface area contributed by atoms with Gasteiger partial charge in [0.25, 0.3) is 0 Å². The summed E-state index contributed by atoms with van der Waals surface area (Å²) in [5.74, 6) is 0. The Bertz CT molecular complexity index is 3940. The maximum absolute atomic E-state index is 2.44. The zero-order valence-corrected chi connectivity index (χ0v) is 36.8. The van der Waals surface area contributed by atoms with Crippen LogP contribution in [0.5, 0.6) is 0 Å². The Morgan fingerprint density at radius 2 is 0.627 bits per heavy atom. The van der Waals surface area contributed by atoms with Crippen molar-refractivity contribution in [3.8, 4) is 72.7 Å². The largest absolute Gasteiger partial charge is 0.309 e. The molecule has 0 spiro atoms. The van der Waals surface area contributed by atoms with E-state index in [2.05, 4.69) is 265 Å². The summed E-state index contributed by atoms with van der Waals surface area (Å²) in [6.07, 6.45) is 0. The summed E-state index contributed by atoms with van der Waals surface area (Å²) in [5, 5.41) is 12.4. The minimum Gasteiger partial charge on any atom is -0.309 e. The summed E-state index contributed by atoms with van der Waals surface area (Å²) in [7, 11) is 0. The van der Waals surface area contributed by atoms with E-state index in [0.717, 1.165) is 5.69 Å². The predicted octanol–water partition coefficient (Wildman–Crippen LogP) is 18.2. The molecule has 0 atom stereocenters. The molecule has 0 saturated heterocycles. The van der Waals surface area contributed by atoms with Gasteiger partial charge in [-0.1, -0.05) is 224 Å². The SMILES string of the molecule is c1ccc(-c2ccc(-c3ccccc3)n2-c2ccc3cc(-c4ccc(-c5ccc6c(-c7cccc8ccccc78)c7ccccc7c(-c7cccc8ccccc78)c6c5)cc4)ccc3c2)cc1. The first kappa shape index (κ1) is 38.7. The Morgan fingerprint density at radius 1 is 0.209 bits per heavy atom. The fourth-order valence-corrected chi connectivity index (χ4v) is 10.6. The van der Waals surface area contributed by atoms with Crippen LogP contribution in [0.1, 0.15) is 0 Å². The number of aromatic nitrogens is 1. The van der Waals surface area contributed by atoms with Gasteiger partial charge < -0.3 is 4.57 Å². The van der Waals surface area contributed by atoms with Crippen LogP contribution >= 0.6 is 0 Å². The van der Waals surface area contributed by atoms with Gasteiger partial charge in [0.1, 0.15) is 0 Å². The van der Waals surface area contributed by atoms with Crippen LogP contribution in [-0.4, -0.2) is 4.57 Å². The minimum absolute atomic E-state index is 1.14. The molecule has 1 nitrogen and oxygen atoms in total. The molecule has 1 heterocycles. The van der Waals surface area contributed by atoms with Crippen LogP contribution in [0.15, 0.2) is 261 Å². The lowest BCUT2D eigenvalue weighted by Gasteiger charge is -2.20. The quantitative estimate of drug-likeness (QED) is 0.141. The normalized spacial score (nSPS) is 11.6. The molecule has 312 valence electrons. The topological polar surface area (TPSA) is 4.93 Å². The van der Waals surface area contributed by atoms with E-state index < -0.39 is 0 Å². The van der Waals surface area contributed by atoms with Gasteiger partial charge in [0, 0.05) is 5.69 Å². The average Bonchev–Trinajstić information content (AvgIpc) is 3.86. The standard InChI is InChI=1S/C66H43N/c1-3-17-48(18-4-1)63-39-40-64(49-19-5-2-6-20-49)67(63)54-37-35-51-41-50(33-34-52(51)42-54)44-29-31-45(32-30-44)53-36-38-61-62(43-53)66(58-28-14-22-47-16-8-10-24-56(47)58)60-26-12-11-25-59(60)65(61)57-27-13-21-46-15-7-9-23-55(46)57/h1-43H. The van der Waals surface area contributed by atoms with Gasteiger partial charge in [-0.25, -0.2) is 0 Å². The van der Waals surface area contributed by atoms with Crippen LogP contribution in [-0.2, 0) is 0 Å². The third kappa shape index (κ3) is 6.63. The molecular weight excluding hydrogens is 807 g/mol. The van der Waals surface area contributed by atoms with Gasteiger partial charge in [-0.2, -0.15) is 0 Å². The van der Waals surface area contributed by atoms with Crippen molar-refractivity contribution < 1.29 is 0 Å². The van der Waals surface area contributed by atoms with Crippen molar-refractivity contribution in [2.24, 2.45) is 0 Å². The molecule has 1 aromatic heterocycles. The highest BCUT2D eigenvalue weighted by Crippen LogP contribution is 2.48. The summed E-state index contributed by atoms with van der Waals surface area (Å²) in [4.78, 5) is 0. The van der Waals surface area contributed by atoms with Crippen molar-refractivity contribution in [2.75, 3.05) is 0 Å². The number of hydrogen-bond donors (Lipinski definition) is 0. The van der Waals surface area contributed by atoms with Crippen molar-refractivity contribution in [1.29, 1.82) is 0 Å². The van der Waals surface area contributed by atoms with Crippen molar-refractivity contribution in [3.63, 3.8) is 0 Å². The lowest BCUT2D eigenvalue weighted by atomic mass is 9.83. The second-order valence-electron chi connectivity index (χ2n) is 17.6.